The van der Waals surface area contributed by atoms with Gasteiger partial charge in [0.05, 0.1) is 0 Å². The maximum atomic E-state index is 5.98. The number of halogens is 1. The lowest BCUT2D eigenvalue weighted by Crippen LogP contribution is -2.44. The van der Waals surface area contributed by atoms with Crippen LogP contribution in [0.5, 0.6) is 0 Å². The van der Waals surface area contributed by atoms with Gasteiger partial charge in [0, 0.05) is 59.9 Å². The summed E-state index contributed by atoms with van der Waals surface area (Å²) in [5, 5.41) is 3.51. The zero-order valence-corrected chi connectivity index (χ0v) is 13.9. The van der Waals surface area contributed by atoms with E-state index >= 15 is 0 Å². The van der Waals surface area contributed by atoms with Gasteiger partial charge in [-0.2, -0.15) is 0 Å². The lowest BCUT2D eigenvalue weighted by Gasteiger charge is -2.32. The Hall–Kier alpha value is -0.780. The molecule has 0 atom stereocenters. The van der Waals surface area contributed by atoms with Crippen molar-refractivity contribution in [2.75, 3.05) is 67.5 Å². The smallest absolute Gasteiger partial charge is 0.125 e. The van der Waals surface area contributed by atoms with Gasteiger partial charge in [-0.3, -0.25) is 4.99 Å². The summed E-state index contributed by atoms with van der Waals surface area (Å²) in [6, 6.07) is 0. The number of nitrogens with zero attached hydrogens (tertiary/aromatic N) is 4. The molecule has 1 fully saturated rings. The molecule has 1 saturated heterocycles. The molecule has 0 spiro atoms. The highest BCUT2D eigenvalue weighted by atomic mass is 35.5. The van der Waals surface area contributed by atoms with Gasteiger partial charge >= 0.3 is 0 Å². The van der Waals surface area contributed by atoms with Gasteiger partial charge in [-0.05, 0) is 20.0 Å². The quantitative estimate of drug-likeness (QED) is 0.342. The molecule has 0 radical (unpaired) electrons. The average Bonchev–Trinajstić information content (AvgIpc) is 2.43. The summed E-state index contributed by atoms with van der Waals surface area (Å²) in [6.07, 6.45) is 2.95. The Morgan fingerprint density at radius 2 is 1.95 bits per heavy atom. The van der Waals surface area contributed by atoms with E-state index in [4.69, 9.17) is 11.6 Å². The Labute approximate surface area is 128 Å². The number of hydrogen-bond acceptors (Lipinski definition) is 4. The normalized spacial score (nSPS) is 19.2. The monoisotopic (exact) mass is 301 g/mol. The van der Waals surface area contributed by atoms with Crippen LogP contribution in [0, 0.1) is 0 Å². The average molecular weight is 302 g/mol. The van der Waals surface area contributed by atoms with E-state index < -0.39 is 0 Å². The molecule has 1 rings (SSSR count). The molecule has 0 unspecified atom stereocenters. The molecule has 0 bridgehead atoms. The second-order valence-corrected chi connectivity index (χ2v) is 5.78. The van der Waals surface area contributed by atoms with Gasteiger partial charge in [-0.1, -0.05) is 11.6 Å². The van der Waals surface area contributed by atoms with Crippen molar-refractivity contribution >= 4 is 17.4 Å². The van der Waals surface area contributed by atoms with E-state index in [0.717, 1.165) is 25.3 Å². The summed E-state index contributed by atoms with van der Waals surface area (Å²) in [7, 11) is 7.95. The fourth-order valence-electron chi connectivity index (χ4n) is 2.06. The minimum atomic E-state index is 0.608. The van der Waals surface area contributed by atoms with Gasteiger partial charge in [0.25, 0.3) is 0 Å². The van der Waals surface area contributed by atoms with E-state index in [-0.39, 0.29) is 0 Å². The summed E-state index contributed by atoms with van der Waals surface area (Å²) < 4.78 is 0. The van der Waals surface area contributed by atoms with Crippen LogP contribution in [0.3, 0.4) is 0 Å². The molecule has 116 valence electrons. The maximum absolute atomic E-state index is 5.98. The summed E-state index contributed by atoms with van der Waals surface area (Å²) in [5.41, 5.74) is 0. The third-order valence-electron chi connectivity index (χ3n) is 3.46. The van der Waals surface area contributed by atoms with Crippen molar-refractivity contribution in [1.29, 1.82) is 0 Å². The SMILES string of the molecule is CNC(Cl)=CC(=NCCCN1CCN(C)CC1)N(C)C. The van der Waals surface area contributed by atoms with Crippen LogP contribution in [0.2, 0.25) is 0 Å². The van der Waals surface area contributed by atoms with E-state index in [9.17, 15) is 0 Å². The Balaban J connectivity index is 2.33. The Bertz CT molecular complexity index is 332. The highest BCUT2D eigenvalue weighted by molar-refractivity contribution is 6.30. The predicted molar refractivity (Wildman–Crippen MR) is 87.5 cm³/mol. The van der Waals surface area contributed by atoms with E-state index in [1.54, 1.807) is 7.05 Å². The lowest BCUT2D eigenvalue weighted by atomic mass is 10.3. The number of piperazine rings is 1. The van der Waals surface area contributed by atoms with Crippen LogP contribution in [0.25, 0.3) is 0 Å². The van der Waals surface area contributed by atoms with Crippen LogP contribution in [-0.4, -0.2) is 88.0 Å². The van der Waals surface area contributed by atoms with Gasteiger partial charge in [0.2, 0.25) is 0 Å². The van der Waals surface area contributed by atoms with Crippen LogP contribution >= 0.6 is 11.6 Å². The van der Waals surface area contributed by atoms with Crippen LogP contribution in [0.4, 0.5) is 0 Å². The first-order valence-corrected chi connectivity index (χ1v) is 7.58. The molecule has 1 aliphatic heterocycles. The molecule has 20 heavy (non-hydrogen) atoms. The van der Waals surface area contributed by atoms with Crippen molar-refractivity contribution < 1.29 is 0 Å². The number of aliphatic imine (C=N–C) groups is 1. The van der Waals surface area contributed by atoms with Crippen molar-refractivity contribution in [1.82, 2.24) is 20.0 Å². The van der Waals surface area contributed by atoms with E-state index in [1.165, 1.54) is 26.2 Å². The molecule has 0 aliphatic carbocycles. The van der Waals surface area contributed by atoms with Crippen molar-refractivity contribution in [3.8, 4) is 0 Å². The van der Waals surface area contributed by atoms with Crippen LogP contribution in [0.1, 0.15) is 6.42 Å². The van der Waals surface area contributed by atoms with Crippen LogP contribution < -0.4 is 5.32 Å². The zero-order valence-electron chi connectivity index (χ0n) is 13.2. The first-order chi connectivity index (χ1) is 9.52. The number of rotatable bonds is 6. The fraction of sp³-hybridized carbons (Fsp3) is 0.786. The summed E-state index contributed by atoms with van der Waals surface area (Å²) in [6.45, 7) is 6.66. The van der Waals surface area contributed by atoms with Crippen LogP contribution in [0.15, 0.2) is 16.2 Å². The van der Waals surface area contributed by atoms with Gasteiger partial charge in [-0.25, -0.2) is 0 Å². The van der Waals surface area contributed by atoms with Gasteiger partial charge in [0.15, 0.2) is 0 Å². The lowest BCUT2D eigenvalue weighted by molar-refractivity contribution is 0.153. The van der Waals surface area contributed by atoms with Gasteiger partial charge in [0.1, 0.15) is 11.0 Å². The third kappa shape index (κ3) is 6.59. The Morgan fingerprint density at radius 3 is 2.50 bits per heavy atom. The first-order valence-electron chi connectivity index (χ1n) is 7.20. The molecule has 1 aliphatic rings. The molecule has 0 aromatic carbocycles. The second-order valence-electron chi connectivity index (χ2n) is 5.38. The number of amidine groups is 1. The summed E-state index contributed by atoms with van der Waals surface area (Å²) >= 11 is 5.98. The molecule has 0 saturated carbocycles. The van der Waals surface area contributed by atoms with Gasteiger partial charge < -0.3 is 20.0 Å². The molecule has 5 nitrogen and oxygen atoms in total. The predicted octanol–water partition coefficient (Wildman–Crippen LogP) is 0.884. The maximum Gasteiger partial charge on any atom is 0.125 e. The van der Waals surface area contributed by atoms with E-state index in [2.05, 4.69) is 27.2 Å². The zero-order chi connectivity index (χ0) is 15.0. The summed E-state index contributed by atoms with van der Waals surface area (Å²) in [4.78, 5) is 11.5. The Morgan fingerprint density at radius 1 is 1.30 bits per heavy atom. The minimum Gasteiger partial charge on any atom is -0.379 e. The molecular formula is C14H28ClN5. The topological polar surface area (TPSA) is 34.1 Å². The first kappa shape index (κ1) is 17.3. The molecular weight excluding hydrogens is 274 g/mol. The third-order valence-corrected chi connectivity index (χ3v) is 3.75. The Kier molecular flexibility index (Phi) is 7.95. The molecule has 0 aromatic heterocycles. The molecule has 0 amide bonds. The van der Waals surface area contributed by atoms with E-state index in [1.807, 2.05) is 25.1 Å². The fourth-order valence-corrected chi connectivity index (χ4v) is 2.16. The standard InChI is InChI=1S/C14H28ClN5/c1-16-13(15)12-14(18(2)3)17-6-5-7-20-10-8-19(4)9-11-20/h12,16H,5-11H2,1-4H3. The van der Waals surface area contributed by atoms with Crippen LogP contribution in [-0.2, 0) is 0 Å². The molecule has 1 heterocycles. The summed E-state index contributed by atoms with van der Waals surface area (Å²) in [5.74, 6) is 0.905. The minimum absolute atomic E-state index is 0.608. The highest BCUT2D eigenvalue weighted by Crippen LogP contribution is 2.01. The number of nitrogens with one attached hydrogen (secondary N) is 1. The van der Waals surface area contributed by atoms with Gasteiger partial charge in [-0.15, -0.1) is 0 Å². The van der Waals surface area contributed by atoms with Crippen molar-refractivity contribution in [2.24, 2.45) is 4.99 Å². The van der Waals surface area contributed by atoms with Crippen molar-refractivity contribution in [2.45, 2.75) is 6.42 Å². The molecule has 0 aromatic rings. The molecule has 6 heteroatoms. The van der Waals surface area contributed by atoms with E-state index in [0.29, 0.717) is 5.16 Å². The number of hydrogen-bond donors (Lipinski definition) is 1. The highest BCUT2D eigenvalue weighted by Gasteiger charge is 2.12. The number of likely N-dealkylation sites (N-methyl/N-ethyl adjacent to an activating group) is 2. The van der Waals surface area contributed by atoms with Crippen molar-refractivity contribution in [3.05, 3.63) is 11.2 Å². The second kappa shape index (κ2) is 9.21. The largest absolute Gasteiger partial charge is 0.379 e. The molecule has 1 N–H and O–H groups in total. The van der Waals surface area contributed by atoms with Crippen molar-refractivity contribution in [3.63, 3.8) is 0 Å².